The smallest absolute Gasteiger partial charge is 0.307 e. The average molecular weight is 348 g/mol. The number of pyridine rings is 1. The summed E-state index contributed by atoms with van der Waals surface area (Å²) >= 11 is 0. The molecule has 0 radical (unpaired) electrons. The van der Waals surface area contributed by atoms with Crippen LogP contribution in [0.2, 0.25) is 0 Å². The standard InChI is InChI=1S/C17H20N2O4S/c1-2-23-17(20)11-16(15-9-6-10-18-12-15)19-24(21,22)13-14-7-4-3-5-8-14/h3-10,12,16,19H,2,11,13H2,1H3. The Balaban J connectivity index is 2.16. The van der Waals surface area contributed by atoms with Crippen molar-refractivity contribution in [2.45, 2.75) is 25.1 Å². The molecular weight excluding hydrogens is 328 g/mol. The molecule has 0 aliphatic carbocycles. The van der Waals surface area contributed by atoms with E-state index < -0.39 is 22.0 Å². The molecular formula is C17H20N2O4S. The molecule has 0 fully saturated rings. The largest absolute Gasteiger partial charge is 0.466 e. The normalized spacial score (nSPS) is 12.5. The van der Waals surface area contributed by atoms with Crippen LogP contribution in [0.1, 0.15) is 30.5 Å². The van der Waals surface area contributed by atoms with E-state index in [4.69, 9.17) is 4.74 Å². The topological polar surface area (TPSA) is 85.4 Å². The van der Waals surface area contributed by atoms with Gasteiger partial charge in [0.25, 0.3) is 0 Å². The van der Waals surface area contributed by atoms with Gasteiger partial charge in [0.1, 0.15) is 0 Å². The molecule has 0 saturated heterocycles. The lowest BCUT2D eigenvalue weighted by atomic mass is 10.1. The van der Waals surface area contributed by atoms with Gasteiger partial charge in [0.15, 0.2) is 0 Å². The van der Waals surface area contributed by atoms with Crippen LogP contribution in [0.25, 0.3) is 0 Å². The predicted molar refractivity (Wildman–Crippen MR) is 90.4 cm³/mol. The molecule has 6 nitrogen and oxygen atoms in total. The van der Waals surface area contributed by atoms with Gasteiger partial charge in [0.05, 0.1) is 24.8 Å². The maximum atomic E-state index is 12.4. The SMILES string of the molecule is CCOC(=O)CC(NS(=O)(=O)Cc1ccccc1)c1cccnc1. The highest BCUT2D eigenvalue weighted by atomic mass is 32.2. The van der Waals surface area contributed by atoms with Crippen LogP contribution in [-0.2, 0) is 25.3 Å². The van der Waals surface area contributed by atoms with Gasteiger partial charge in [-0.1, -0.05) is 36.4 Å². The number of nitrogens with zero attached hydrogens (tertiary/aromatic N) is 1. The Bertz CT molecular complexity index is 749. The van der Waals surface area contributed by atoms with Crippen LogP contribution in [0.4, 0.5) is 0 Å². The minimum absolute atomic E-state index is 0.0897. The fraction of sp³-hybridized carbons (Fsp3) is 0.294. The Labute approximate surface area is 141 Å². The Morgan fingerprint density at radius 3 is 2.58 bits per heavy atom. The molecule has 2 rings (SSSR count). The number of carbonyl (C=O) groups excluding carboxylic acids is 1. The van der Waals surface area contributed by atoms with Crippen LogP contribution >= 0.6 is 0 Å². The second-order valence-corrected chi connectivity index (χ2v) is 6.96. The molecule has 1 heterocycles. The minimum atomic E-state index is -3.63. The maximum Gasteiger partial charge on any atom is 0.307 e. The lowest BCUT2D eigenvalue weighted by Gasteiger charge is -2.18. The highest BCUT2D eigenvalue weighted by molar-refractivity contribution is 7.88. The first-order chi connectivity index (χ1) is 11.5. The number of nitrogens with one attached hydrogen (secondary N) is 1. The highest BCUT2D eigenvalue weighted by Crippen LogP contribution is 2.19. The number of benzene rings is 1. The molecule has 1 aromatic heterocycles. The summed E-state index contributed by atoms with van der Waals surface area (Å²) in [6, 6.07) is 11.6. The number of aromatic nitrogens is 1. The fourth-order valence-electron chi connectivity index (χ4n) is 2.25. The first-order valence-electron chi connectivity index (χ1n) is 7.59. The number of ether oxygens (including phenoxy) is 1. The van der Waals surface area contributed by atoms with Gasteiger partial charge in [-0.05, 0) is 24.1 Å². The lowest BCUT2D eigenvalue weighted by molar-refractivity contribution is -0.143. The van der Waals surface area contributed by atoms with Gasteiger partial charge in [-0.15, -0.1) is 0 Å². The molecule has 0 bridgehead atoms. The van der Waals surface area contributed by atoms with E-state index in [2.05, 4.69) is 9.71 Å². The van der Waals surface area contributed by atoms with E-state index in [-0.39, 0.29) is 18.8 Å². The number of esters is 1. The van der Waals surface area contributed by atoms with Gasteiger partial charge in [-0.2, -0.15) is 0 Å². The van der Waals surface area contributed by atoms with Crippen molar-refractivity contribution in [1.29, 1.82) is 0 Å². The Morgan fingerprint density at radius 2 is 1.96 bits per heavy atom. The van der Waals surface area contributed by atoms with Gasteiger partial charge in [0.2, 0.25) is 10.0 Å². The van der Waals surface area contributed by atoms with Crippen molar-refractivity contribution in [2.75, 3.05) is 6.61 Å². The molecule has 24 heavy (non-hydrogen) atoms. The zero-order valence-corrected chi connectivity index (χ0v) is 14.2. The average Bonchev–Trinajstić information content (AvgIpc) is 2.55. The number of hydrogen-bond acceptors (Lipinski definition) is 5. The highest BCUT2D eigenvalue weighted by Gasteiger charge is 2.23. The second kappa shape index (κ2) is 8.56. The summed E-state index contributed by atoms with van der Waals surface area (Å²) in [7, 11) is -3.63. The number of rotatable bonds is 8. The van der Waals surface area contributed by atoms with Crippen LogP contribution in [-0.4, -0.2) is 26.0 Å². The van der Waals surface area contributed by atoms with Crippen LogP contribution in [0, 0.1) is 0 Å². The minimum Gasteiger partial charge on any atom is -0.466 e. The van der Waals surface area contributed by atoms with Crippen molar-refractivity contribution in [3.8, 4) is 0 Å². The first-order valence-corrected chi connectivity index (χ1v) is 9.25. The van der Waals surface area contributed by atoms with Crippen LogP contribution in [0.5, 0.6) is 0 Å². The summed E-state index contributed by atoms with van der Waals surface area (Å²) < 4.78 is 32.4. The quantitative estimate of drug-likeness (QED) is 0.739. The van der Waals surface area contributed by atoms with E-state index in [0.717, 1.165) is 0 Å². The monoisotopic (exact) mass is 348 g/mol. The zero-order chi connectivity index (χ0) is 17.4. The van der Waals surface area contributed by atoms with E-state index in [9.17, 15) is 13.2 Å². The summed E-state index contributed by atoms with van der Waals surface area (Å²) in [5.74, 6) is -0.623. The lowest BCUT2D eigenvalue weighted by Crippen LogP contribution is -2.31. The molecule has 128 valence electrons. The van der Waals surface area contributed by atoms with Gasteiger partial charge >= 0.3 is 5.97 Å². The summed E-state index contributed by atoms with van der Waals surface area (Å²) in [5.41, 5.74) is 1.29. The Kier molecular flexibility index (Phi) is 6.45. The molecule has 0 aliphatic heterocycles. The van der Waals surface area contributed by atoms with Crippen LogP contribution in [0.3, 0.4) is 0 Å². The third kappa shape index (κ3) is 5.75. The van der Waals surface area contributed by atoms with Crippen molar-refractivity contribution in [3.63, 3.8) is 0 Å². The van der Waals surface area contributed by atoms with Crippen molar-refractivity contribution in [1.82, 2.24) is 9.71 Å². The first kappa shape index (κ1) is 18.1. The predicted octanol–water partition coefficient (Wildman–Crippen LogP) is 2.20. The number of carbonyl (C=O) groups is 1. The van der Waals surface area contributed by atoms with Gasteiger partial charge in [0, 0.05) is 12.4 Å². The van der Waals surface area contributed by atoms with Crippen molar-refractivity contribution in [3.05, 3.63) is 66.0 Å². The van der Waals surface area contributed by atoms with Crippen molar-refractivity contribution >= 4 is 16.0 Å². The van der Waals surface area contributed by atoms with E-state index in [1.807, 2.05) is 6.07 Å². The molecule has 1 unspecified atom stereocenters. The molecule has 1 N–H and O–H groups in total. The van der Waals surface area contributed by atoms with E-state index in [1.54, 1.807) is 49.5 Å². The van der Waals surface area contributed by atoms with Gasteiger partial charge < -0.3 is 4.74 Å². The molecule has 7 heteroatoms. The van der Waals surface area contributed by atoms with Crippen LogP contribution in [0.15, 0.2) is 54.9 Å². The third-order valence-electron chi connectivity index (χ3n) is 3.28. The summed E-state index contributed by atoms with van der Waals surface area (Å²) in [6.07, 6.45) is 3.03. The molecule has 0 amide bonds. The van der Waals surface area contributed by atoms with Gasteiger partial charge in [-0.3, -0.25) is 9.78 Å². The van der Waals surface area contributed by atoms with E-state index >= 15 is 0 Å². The Hall–Kier alpha value is -2.25. The number of hydrogen-bond donors (Lipinski definition) is 1. The second-order valence-electron chi connectivity index (χ2n) is 5.21. The number of sulfonamides is 1. The van der Waals surface area contributed by atoms with E-state index in [0.29, 0.717) is 11.1 Å². The van der Waals surface area contributed by atoms with Crippen molar-refractivity contribution < 1.29 is 17.9 Å². The fourth-order valence-corrected chi connectivity index (χ4v) is 3.62. The molecule has 0 spiro atoms. The summed E-state index contributed by atoms with van der Waals surface area (Å²) in [5, 5.41) is 0. The Morgan fingerprint density at radius 1 is 1.21 bits per heavy atom. The van der Waals surface area contributed by atoms with Crippen molar-refractivity contribution in [2.24, 2.45) is 0 Å². The summed E-state index contributed by atoms with van der Waals surface area (Å²) in [4.78, 5) is 15.8. The maximum absolute atomic E-state index is 12.4. The molecule has 2 aromatic rings. The van der Waals surface area contributed by atoms with Crippen LogP contribution < -0.4 is 4.72 Å². The molecule has 0 saturated carbocycles. The molecule has 1 atom stereocenters. The van der Waals surface area contributed by atoms with E-state index in [1.165, 1.54) is 6.20 Å². The third-order valence-corrected chi connectivity index (χ3v) is 4.64. The zero-order valence-electron chi connectivity index (χ0n) is 13.4. The van der Waals surface area contributed by atoms with Gasteiger partial charge in [-0.25, -0.2) is 13.1 Å². The molecule has 1 aromatic carbocycles. The molecule has 0 aliphatic rings. The summed E-state index contributed by atoms with van der Waals surface area (Å²) in [6.45, 7) is 1.95.